The second-order valence-corrected chi connectivity index (χ2v) is 4.31. The Morgan fingerprint density at radius 1 is 1.44 bits per heavy atom. The third-order valence-electron chi connectivity index (χ3n) is 3.21. The van der Waals surface area contributed by atoms with Crippen LogP contribution in [0.15, 0.2) is 30.3 Å². The Morgan fingerprint density at radius 2 is 2.11 bits per heavy atom. The first-order chi connectivity index (χ1) is 8.58. The van der Waals surface area contributed by atoms with E-state index in [4.69, 9.17) is 0 Å². The van der Waals surface area contributed by atoms with E-state index >= 15 is 0 Å². The first-order valence-electron chi connectivity index (χ1n) is 5.74. The summed E-state index contributed by atoms with van der Waals surface area (Å²) in [5.74, 6) is -1.05. The molecule has 2 atom stereocenters. The summed E-state index contributed by atoms with van der Waals surface area (Å²) in [6.07, 6.45) is 0.548. The first-order valence-corrected chi connectivity index (χ1v) is 5.74. The minimum Gasteiger partial charge on any atom is -0.467 e. The average molecular weight is 249 g/mol. The molecule has 0 unspecified atom stereocenters. The number of hydrogen-bond acceptors (Lipinski definition) is 4. The van der Waals surface area contributed by atoms with E-state index in [0.717, 1.165) is 0 Å². The molecule has 1 amide bonds. The lowest BCUT2D eigenvalue weighted by Gasteiger charge is -2.34. The van der Waals surface area contributed by atoms with Gasteiger partial charge in [0.1, 0.15) is 6.04 Å². The first kappa shape index (κ1) is 12.6. The van der Waals surface area contributed by atoms with Crippen LogP contribution in [0.3, 0.4) is 0 Å². The summed E-state index contributed by atoms with van der Waals surface area (Å²) >= 11 is 0. The zero-order chi connectivity index (χ0) is 13.2. The van der Waals surface area contributed by atoms with Crippen molar-refractivity contribution in [2.24, 2.45) is 0 Å². The van der Waals surface area contributed by atoms with Crippen LogP contribution in [0.2, 0.25) is 0 Å². The molecule has 0 aliphatic carbocycles. The van der Waals surface area contributed by atoms with Gasteiger partial charge in [0.05, 0.1) is 7.11 Å². The maximum atomic E-state index is 12.0. The molecule has 0 saturated carbocycles. The highest BCUT2D eigenvalue weighted by atomic mass is 16.5. The van der Waals surface area contributed by atoms with Crippen LogP contribution in [0, 0.1) is 0 Å². The highest BCUT2D eigenvalue weighted by Crippen LogP contribution is 2.31. The quantitative estimate of drug-likeness (QED) is 0.740. The molecule has 2 N–H and O–H groups in total. The summed E-state index contributed by atoms with van der Waals surface area (Å²) in [4.78, 5) is 23.3. The summed E-state index contributed by atoms with van der Waals surface area (Å²) in [7, 11) is 1.27. The fraction of sp³-hybridized carbons (Fsp3) is 0.385. The normalized spacial score (nSPS) is 27.4. The molecule has 96 valence electrons. The predicted octanol–water partition coefficient (Wildman–Crippen LogP) is 0.326. The number of methoxy groups -OCH3 is 1. The fourth-order valence-corrected chi connectivity index (χ4v) is 2.12. The van der Waals surface area contributed by atoms with Crippen molar-refractivity contribution in [3.63, 3.8) is 0 Å². The maximum Gasteiger partial charge on any atom is 0.328 e. The van der Waals surface area contributed by atoms with E-state index in [2.05, 4.69) is 10.1 Å². The number of carbonyl (C=O) groups is 2. The molecule has 1 fully saturated rings. The smallest absolute Gasteiger partial charge is 0.328 e. The third kappa shape index (κ3) is 2.09. The molecule has 0 aromatic heterocycles. The summed E-state index contributed by atoms with van der Waals surface area (Å²) in [6.45, 7) is 0. The summed E-state index contributed by atoms with van der Waals surface area (Å²) in [5, 5.41) is 12.9. The lowest BCUT2D eigenvalue weighted by Crippen LogP contribution is -2.56. The molecule has 1 heterocycles. The van der Waals surface area contributed by atoms with Crippen LogP contribution < -0.4 is 5.32 Å². The molecule has 5 heteroatoms. The van der Waals surface area contributed by atoms with Crippen LogP contribution in [0.5, 0.6) is 0 Å². The van der Waals surface area contributed by atoms with Gasteiger partial charge in [0.15, 0.2) is 5.60 Å². The van der Waals surface area contributed by atoms with Crippen molar-refractivity contribution >= 4 is 11.9 Å². The van der Waals surface area contributed by atoms with Gasteiger partial charge in [-0.15, -0.1) is 0 Å². The van der Waals surface area contributed by atoms with Gasteiger partial charge in [-0.3, -0.25) is 4.79 Å². The molecule has 1 aromatic carbocycles. The van der Waals surface area contributed by atoms with Gasteiger partial charge < -0.3 is 15.2 Å². The van der Waals surface area contributed by atoms with Gasteiger partial charge >= 0.3 is 5.97 Å². The fourth-order valence-electron chi connectivity index (χ4n) is 2.12. The molecular formula is C13H15NO4. The van der Waals surface area contributed by atoms with Gasteiger partial charge in [-0.1, -0.05) is 30.3 Å². The Kier molecular flexibility index (Phi) is 3.34. The summed E-state index contributed by atoms with van der Waals surface area (Å²) in [5.41, 5.74) is -1.03. The van der Waals surface area contributed by atoms with Crippen LogP contribution >= 0.6 is 0 Å². The van der Waals surface area contributed by atoms with Crippen LogP contribution in [0.25, 0.3) is 0 Å². The molecule has 1 aliphatic heterocycles. The Balaban J connectivity index is 2.19. The average Bonchev–Trinajstić information content (AvgIpc) is 2.42. The highest BCUT2D eigenvalue weighted by Gasteiger charge is 2.44. The van der Waals surface area contributed by atoms with E-state index in [1.54, 1.807) is 24.3 Å². The molecule has 2 rings (SSSR count). The van der Waals surface area contributed by atoms with E-state index < -0.39 is 23.5 Å². The van der Waals surface area contributed by atoms with E-state index in [1.807, 2.05) is 6.07 Å². The maximum absolute atomic E-state index is 12.0. The Morgan fingerprint density at radius 3 is 2.67 bits per heavy atom. The van der Waals surface area contributed by atoms with Crippen molar-refractivity contribution in [1.82, 2.24) is 5.32 Å². The second-order valence-electron chi connectivity index (χ2n) is 4.31. The number of benzene rings is 1. The van der Waals surface area contributed by atoms with Crippen molar-refractivity contribution < 1.29 is 19.4 Å². The largest absolute Gasteiger partial charge is 0.467 e. The standard InChI is InChI=1S/C13H15NO4/c1-18-11(15)10-7-8-13(17,12(16)14-10)9-5-3-2-4-6-9/h2-6,10,17H,7-8H2,1H3,(H,14,16)/t10-,13+/m1/s1. The van der Waals surface area contributed by atoms with Gasteiger partial charge in [0.2, 0.25) is 0 Å². The minimum atomic E-state index is -1.56. The molecule has 0 spiro atoms. The number of piperidine rings is 1. The van der Waals surface area contributed by atoms with E-state index in [1.165, 1.54) is 7.11 Å². The Hall–Kier alpha value is -1.88. The Bertz CT molecular complexity index is 459. The third-order valence-corrected chi connectivity index (χ3v) is 3.21. The number of nitrogens with one attached hydrogen (secondary N) is 1. The van der Waals surface area contributed by atoms with Gasteiger partial charge in [0.25, 0.3) is 5.91 Å². The predicted molar refractivity (Wildman–Crippen MR) is 63.5 cm³/mol. The van der Waals surface area contributed by atoms with Gasteiger partial charge in [0, 0.05) is 0 Å². The van der Waals surface area contributed by atoms with Gasteiger partial charge in [-0.2, -0.15) is 0 Å². The molecule has 18 heavy (non-hydrogen) atoms. The van der Waals surface area contributed by atoms with Crippen LogP contribution in [0.4, 0.5) is 0 Å². The van der Waals surface area contributed by atoms with Crippen LogP contribution in [-0.4, -0.2) is 30.1 Å². The topological polar surface area (TPSA) is 75.6 Å². The molecular weight excluding hydrogens is 234 g/mol. The van der Waals surface area contributed by atoms with Crippen LogP contribution in [0.1, 0.15) is 18.4 Å². The number of esters is 1. The number of amides is 1. The minimum absolute atomic E-state index is 0.197. The van der Waals surface area contributed by atoms with Gasteiger partial charge in [-0.25, -0.2) is 4.79 Å². The van der Waals surface area contributed by atoms with Crippen molar-refractivity contribution in [2.75, 3.05) is 7.11 Å². The van der Waals surface area contributed by atoms with E-state index in [-0.39, 0.29) is 6.42 Å². The second kappa shape index (κ2) is 4.78. The van der Waals surface area contributed by atoms with E-state index in [9.17, 15) is 14.7 Å². The lowest BCUT2D eigenvalue weighted by atomic mass is 9.83. The number of hydrogen-bond donors (Lipinski definition) is 2. The van der Waals surface area contributed by atoms with Crippen molar-refractivity contribution in [3.8, 4) is 0 Å². The molecule has 0 radical (unpaired) electrons. The monoisotopic (exact) mass is 249 g/mol. The molecule has 1 aromatic rings. The van der Waals surface area contributed by atoms with Crippen molar-refractivity contribution in [3.05, 3.63) is 35.9 Å². The van der Waals surface area contributed by atoms with Crippen molar-refractivity contribution in [2.45, 2.75) is 24.5 Å². The molecule has 1 aliphatic rings. The molecule has 5 nitrogen and oxygen atoms in total. The lowest BCUT2D eigenvalue weighted by molar-refractivity contribution is -0.155. The zero-order valence-corrected chi connectivity index (χ0v) is 10.1. The van der Waals surface area contributed by atoms with E-state index in [0.29, 0.717) is 12.0 Å². The summed E-state index contributed by atoms with van der Waals surface area (Å²) < 4.78 is 4.58. The van der Waals surface area contributed by atoms with Crippen molar-refractivity contribution in [1.29, 1.82) is 0 Å². The molecule has 0 bridgehead atoms. The SMILES string of the molecule is COC(=O)[C@H]1CC[C@](O)(c2ccccc2)C(=O)N1. The van der Waals surface area contributed by atoms with Crippen LogP contribution in [-0.2, 0) is 19.9 Å². The number of aliphatic hydroxyl groups is 1. The Labute approximate surface area is 105 Å². The highest BCUT2D eigenvalue weighted by molar-refractivity contribution is 5.91. The molecule has 1 saturated heterocycles. The summed E-state index contributed by atoms with van der Waals surface area (Å²) in [6, 6.07) is 8.03. The number of rotatable bonds is 2. The number of carbonyl (C=O) groups excluding carboxylic acids is 2. The van der Waals surface area contributed by atoms with Gasteiger partial charge in [-0.05, 0) is 18.4 Å². The zero-order valence-electron chi connectivity index (χ0n) is 10.1. The number of ether oxygens (including phenoxy) is 1.